The molecular weight excluding hydrogens is 495 g/mol. The van der Waals surface area contributed by atoms with Crippen LogP contribution in [0.4, 0.5) is 22.0 Å². The van der Waals surface area contributed by atoms with Crippen molar-refractivity contribution in [1.29, 1.82) is 0 Å². The average Bonchev–Trinajstić information content (AvgIpc) is 2.84. The van der Waals surface area contributed by atoms with Crippen LogP contribution >= 0.6 is 0 Å². The monoisotopic (exact) mass is 520 g/mol. The molecular formula is C27H25F5N2O3. The first kappa shape index (κ1) is 27.8. The maximum absolute atomic E-state index is 13.7. The van der Waals surface area contributed by atoms with Crippen LogP contribution in [0.3, 0.4) is 0 Å². The van der Waals surface area contributed by atoms with E-state index in [-0.39, 0.29) is 29.7 Å². The number of carboxylic acids is 1. The molecule has 0 unspecified atom stereocenters. The van der Waals surface area contributed by atoms with Gasteiger partial charge >= 0.3 is 12.1 Å². The second kappa shape index (κ2) is 12.0. The zero-order chi connectivity index (χ0) is 27.2. The van der Waals surface area contributed by atoms with Gasteiger partial charge in [-0.05, 0) is 60.0 Å². The average molecular weight is 520 g/mol. The number of nitrogens with zero attached hydrogens (tertiary/aromatic N) is 2. The summed E-state index contributed by atoms with van der Waals surface area (Å²) in [6, 6.07) is 13.5. The Labute approximate surface area is 210 Å². The highest BCUT2D eigenvalue weighted by molar-refractivity contribution is 5.98. The first-order chi connectivity index (χ1) is 17.4. The van der Waals surface area contributed by atoms with Crippen molar-refractivity contribution in [3.63, 3.8) is 0 Å². The van der Waals surface area contributed by atoms with Gasteiger partial charge < -0.3 is 14.8 Å². The number of hydrogen-bond acceptors (Lipinski definition) is 4. The minimum atomic E-state index is -4.72. The maximum Gasteiger partial charge on any atom is 0.417 e. The molecule has 3 rings (SSSR count). The summed E-state index contributed by atoms with van der Waals surface area (Å²) in [5, 5.41) is 12.8. The van der Waals surface area contributed by atoms with Gasteiger partial charge in [-0.15, -0.1) is 0 Å². The third kappa shape index (κ3) is 7.85. The Morgan fingerprint density at radius 2 is 1.65 bits per heavy atom. The lowest BCUT2D eigenvalue weighted by molar-refractivity contribution is -0.138. The molecule has 10 heteroatoms. The molecule has 0 aliphatic heterocycles. The van der Waals surface area contributed by atoms with E-state index < -0.39 is 29.3 Å². The summed E-state index contributed by atoms with van der Waals surface area (Å²) in [6.07, 6.45) is -4.67. The lowest BCUT2D eigenvalue weighted by Gasteiger charge is -2.15. The second-order valence-corrected chi connectivity index (χ2v) is 8.54. The van der Waals surface area contributed by atoms with E-state index in [1.807, 2.05) is 36.2 Å². The van der Waals surface area contributed by atoms with Gasteiger partial charge in [-0.25, -0.2) is 8.78 Å². The van der Waals surface area contributed by atoms with Crippen molar-refractivity contribution < 1.29 is 36.7 Å². The smallest absolute Gasteiger partial charge is 0.417 e. The number of carbonyl (C=O) groups is 1. The fraction of sp³-hybridized carbons (Fsp3) is 0.259. The SMILES string of the molecule is C/C(=N\OCc1ccc(-c2ccc(F)c(F)c2)c(C(F)(F)F)c1)c1ccc(CN(C)CCC(=O)O)cc1. The summed E-state index contributed by atoms with van der Waals surface area (Å²) < 4.78 is 67.9. The fourth-order valence-electron chi connectivity index (χ4n) is 3.62. The number of carboxylic acid groups (broad SMARTS) is 1. The van der Waals surface area contributed by atoms with E-state index in [1.165, 1.54) is 12.1 Å². The number of rotatable bonds is 10. The Balaban J connectivity index is 1.67. The molecule has 0 saturated carbocycles. The van der Waals surface area contributed by atoms with Crippen molar-refractivity contribution >= 4 is 11.7 Å². The Kier molecular flexibility index (Phi) is 8.99. The molecule has 0 fully saturated rings. The van der Waals surface area contributed by atoms with E-state index in [9.17, 15) is 26.7 Å². The summed E-state index contributed by atoms with van der Waals surface area (Å²) in [6.45, 7) is 2.46. The molecule has 0 amide bonds. The van der Waals surface area contributed by atoms with Gasteiger partial charge in [-0.2, -0.15) is 13.2 Å². The van der Waals surface area contributed by atoms with Crippen LogP contribution < -0.4 is 0 Å². The Bertz CT molecular complexity index is 1270. The lowest BCUT2D eigenvalue weighted by atomic mass is 9.97. The van der Waals surface area contributed by atoms with Crippen molar-refractivity contribution in [1.82, 2.24) is 4.90 Å². The van der Waals surface area contributed by atoms with Crippen LogP contribution in [0.15, 0.2) is 65.8 Å². The van der Waals surface area contributed by atoms with Crippen molar-refractivity contribution in [3.05, 3.63) is 94.6 Å². The highest BCUT2D eigenvalue weighted by Gasteiger charge is 2.34. The molecule has 0 heterocycles. The molecule has 0 spiro atoms. The first-order valence-electron chi connectivity index (χ1n) is 11.3. The van der Waals surface area contributed by atoms with Gasteiger partial charge in [-0.3, -0.25) is 4.79 Å². The summed E-state index contributed by atoms with van der Waals surface area (Å²) in [5.41, 5.74) is 1.08. The standard InChI is InChI=1S/C27H25F5N2O3/c1-17(20-6-3-18(4-7-20)15-34(2)12-11-26(35)36)33-37-16-19-5-9-22(23(13-19)27(30,31)32)21-8-10-24(28)25(29)14-21/h3-10,13-14H,11-12,15-16H2,1-2H3,(H,35,36)/b33-17+. The van der Waals surface area contributed by atoms with Crippen LogP contribution in [0.5, 0.6) is 0 Å². The highest BCUT2D eigenvalue weighted by Crippen LogP contribution is 2.38. The second-order valence-electron chi connectivity index (χ2n) is 8.54. The topological polar surface area (TPSA) is 62.1 Å². The van der Waals surface area contributed by atoms with Crippen LogP contribution in [0.1, 0.15) is 35.6 Å². The normalized spacial score (nSPS) is 12.2. The van der Waals surface area contributed by atoms with E-state index in [2.05, 4.69) is 5.16 Å². The van der Waals surface area contributed by atoms with Crippen molar-refractivity contribution in [2.45, 2.75) is 32.7 Å². The van der Waals surface area contributed by atoms with Crippen LogP contribution in [0.2, 0.25) is 0 Å². The molecule has 0 saturated heterocycles. The Hall–Kier alpha value is -3.79. The summed E-state index contributed by atoms with van der Waals surface area (Å²) >= 11 is 0. The van der Waals surface area contributed by atoms with E-state index >= 15 is 0 Å². The number of benzene rings is 3. The quantitative estimate of drug-likeness (QED) is 0.188. The van der Waals surface area contributed by atoms with Gasteiger partial charge in [0.05, 0.1) is 17.7 Å². The van der Waals surface area contributed by atoms with Gasteiger partial charge in [-0.1, -0.05) is 47.6 Å². The van der Waals surface area contributed by atoms with Crippen molar-refractivity contribution in [2.24, 2.45) is 5.16 Å². The molecule has 196 valence electrons. The van der Waals surface area contributed by atoms with Gasteiger partial charge in [0.1, 0.15) is 6.61 Å². The first-order valence-corrected chi connectivity index (χ1v) is 11.3. The van der Waals surface area contributed by atoms with E-state index in [1.54, 1.807) is 6.92 Å². The molecule has 0 aliphatic carbocycles. The maximum atomic E-state index is 13.7. The molecule has 3 aromatic carbocycles. The summed E-state index contributed by atoms with van der Waals surface area (Å²) in [7, 11) is 1.83. The van der Waals surface area contributed by atoms with Crippen LogP contribution in [-0.2, 0) is 29.0 Å². The third-order valence-corrected chi connectivity index (χ3v) is 5.58. The van der Waals surface area contributed by atoms with Crippen LogP contribution in [0.25, 0.3) is 11.1 Å². The highest BCUT2D eigenvalue weighted by atomic mass is 19.4. The van der Waals surface area contributed by atoms with Gasteiger partial charge in [0.25, 0.3) is 0 Å². The number of halogens is 5. The molecule has 37 heavy (non-hydrogen) atoms. The van der Waals surface area contributed by atoms with Crippen LogP contribution in [0, 0.1) is 11.6 Å². The molecule has 1 N–H and O–H groups in total. The Morgan fingerprint density at radius 1 is 0.973 bits per heavy atom. The predicted octanol–water partition coefficient (Wildman–Crippen LogP) is 6.50. The molecule has 5 nitrogen and oxygen atoms in total. The van der Waals surface area contributed by atoms with E-state index in [0.717, 1.165) is 35.4 Å². The molecule has 0 atom stereocenters. The van der Waals surface area contributed by atoms with Crippen molar-refractivity contribution in [3.8, 4) is 11.1 Å². The minimum absolute atomic E-state index is 0.0513. The minimum Gasteiger partial charge on any atom is -0.481 e. The zero-order valence-electron chi connectivity index (χ0n) is 20.1. The van der Waals surface area contributed by atoms with Gasteiger partial charge in [0, 0.05) is 13.1 Å². The zero-order valence-corrected chi connectivity index (χ0v) is 20.1. The van der Waals surface area contributed by atoms with Gasteiger partial charge in [0.2, 0.25) is 0 Å². The molecule has 0 aliphatic rings. The predicted molar refractivity (Wildman–Crippen MR) is 129 cm³/mol. The summed E-state index contributed by atoms with van der Waals surface area (Å²) in [5.74, 6) is -3.24. The lowest BCUT2D eigenvalue weighted by Crippen LogP contribution is -2.21. The summed E-state index contributed by atoms with van der Waals surface area (Å²) in [4.78, 5) is 17.9. The number of hydrogen-bond donors (Lipinski definition) is 1. The Morgan fingerprint density at radius 3 is 2.27 bits per heavy atom. The fourth-order valence-corrected chi connectivity index (χ4v) is 3.62. The molecule has 0 aromatic heterocycles. The van der Waals surface area contributed by atoms with Crippen molar-refractivity contribution in [2.75, 3.05) is 13.6 Å². The molecule has 0 bridgehead atoms. The number of aliphatic carboxylic acids is 1. The molecule has 0 radical (unpaired) electrons. The third-order valence-electron chi connectivity index (χ3n) is 5.58. The number of alkyl halides is 3. The van der Waals surface area contributed by atoms with Crippen LogP contribution in [-0.4, -0.2) is 35.3 Å². The molecule has 3 aromatic rings. The van der Waals surface area contributed by atoms with E-state index in [0.29, 0.717) is 18.8 Å². The number of oxime groups is 1. The largest absolute Gasteiger partial charge is 0.481 e. The van der Waals surface area contributed by atoms with Gasteiger partial charge in [0.15, 0.2) is 11.6 Å². The van der Waals surface area contributed by atoms with E-state index in [4.69, 9.17) is 9.94 Å².